The Labute approximate surface area is 143 Å². The molecule has 4 nitrogen and oxygen atoms in total. The Morgan fingerprint density at radius 2 is 1.83 bits per heavy atom. The number of amides is 1. The number of anilines is 1. The van der Waals surface area contributed by atoms with Crippen LogP contribution in [-0.4, -0.2) is 42.0 Å². The Hall–Kier alpha value is -1.85. The standard InChI is InChI=1S/C16H14Cl2FN3O/c17-12-9-11(10-20-15(12)18)16(23)22-7-5-21(6-8-22)14-4-2-1-3-13(14)19/h1-4,9-10H,5-8H2. The number of halogens is 3. The summed E-state index contributed by atoms with van der Waals surface area (Å²) in [7, 11) is 0. The lowest BCUT2D eigenvalue weighted by Crippen LogP contribution is -2.49. The van der Waals surface area contributed by atoms with Gasteiger partial charge in [0.05, 0.1) is 16.3 Å². The van der Waals surface area contributed by atoms with Crippen LogP contribution < -0.4 is 4.90 Å². The maximum Gasteiger partial charge on any atom is 0.255 e. The zero-order valence-corrected chi connectivity index (χ0v) is 13.7. The fourth-order valence-corrected chi connectivity index (χ4v) is 2.85. The predicted octanol–water partition coefficient (Wildman–Crippen LogP) is 3.49. The molecule has 0 atom stereocenters. The van der Waals surface area contributed by atoms with Crippen molar-refractivity contribution in [3.63, 3.8) is 0 Å². The molecule has 2 heterocycles. The predicted molar refractivity (Wildman–Crippen MR) is 88.8 cm³/mol. The maximum atomic E-state index is 13.8. The molecule has 120 valence electrons. The summed E-state index contributed by atoms with van der Waals surface area (Å²) < 4.78 is 13.8. The van der Waals surface area contributed by atoms with Crippen molar-refractivity contribution in [1.29, 1.82) is 0 Å². The fourth-order valence-electron chi connectivity index (χ4n) is 2.58. The van der Waals surface area contributed by atoms with Gasteiger partial charge in [-0.25, -0.2) is 9.37 Å². The lowest BCUT2D eigenvalue weighted by atomic mass is 10.2. The van der Waals surface area contributed by atoms with E-state index in [-0.39, 0.29) is 21.9 Å². The molecule has 1 aliphatic rings. The highest BCUT2D eigenvalue weighted by atomic mass is 35.5. The third-order valence-electron chi connectivity index (χ3n) is 3.80. The molecule has 1 aromatic heterocycles. The molecular formula is C16H14Cl2FN3O. The molecule has 23 heavy (non-hydrogen) atoms. The van der Waals surface area contributed by atoms with Gasteiger partial charge >= 0.3 is 0 Å². The van der Waals surface area contributed by atoms with Crippen LogP contribution in [0.3, 0.4) is 0 Å². The molecule has 1 aliphatic heterocycles. The van der Waals surface area contributed by atoms with Crippen molar-refractivity contribution in [2.24, 2.45) is 0 Å². The number of para-hydroxylation sites is 1. The number of carbonyl (C=O) groups excluding carboxylic acids is 1. The van der Waals surface area contributed by atoms with E-state index < -0.39 is 0 Å². The van der Waals surface area contributed by atoms with Crippen LogP contribution in [0.4, 0.5) is 10.1 Å². The van der Waals surface area contributed by atoms with Gasteiger partial charge in [-0.05, 0) is 18.2 Å². The Morgan fingerprint density at radius 3 is 2.48 bits per heavy atom. The number of hydrogen-bond donors (Lipinski definition) is 0. The van der Waals surface area contributed by atoms with Gasteiger partial charge in [-0.2, -0.15) is 0 Å². The topological polar surface area (TPSA) is 36.4 Å². The van der Waals surface area contributed by atoms with Crippen LogP contribution in [0, 0.1) is 5.82 Å². The van der Waals surface area contributed by atoms with Crippen LogP contribution in [0.25, 0.3) is 0 Å². The highest BCUT2D eigenvalue weighted by Gasteiger charge is 2.24. The molecule has 2 aromatic rings. The second kappa shape index (κ2) is 6.72. The number of aromatic nitrogens is 1. The Morgan fingerprint density at radius 1 is 1.13 bits per heavy atom. The minimum atomic E-state index is -0.249. The summed E-state index contributed by atoms with van der Waals surface area (Å²) in [4.78, 5) is 20.0. The number of piperazine rings is 1. The van der Waals surface area contributed by atoms with Gasteiger partial charge in [0.2, 0.25) is 0 Å². The Kier molecular flexibility index (Phi) is 4.68. The van der Waals surface area contributed by atoms with E-state index in [0.29, 0.717) is 37.4 Å². The highest BCUT2D eigenvalue weighted by Crippen LogP contribution is 2.23. The Bertz CT molecular complexity index is 733. The molecule has 0 saturated carbocycles. The monoisotopic (exact) mass is 353 g/mol. The van der Waals surface area contributed by atoms with Crippen molar-refractivity contribution in [2.75, 3.05) is 31.1 Å². The highest BCUT2D eigenvalue weighted by molar-refractivity contribution is 6.41. The van der Waals surface area contributed by atoms with Crippen molar-refractivity contribution in [1.82, 2.24) is 9.88 Å². The van der Waals surface area contributed by atoms with Crippen LogP contribution in [0.1, 0.15) is 10.4 Å². The summed E-state index contributed by atoms with van der Waals surface area (Å²) in [5, 5.41) is 0.426. The van der Waals surface area contributed by atoms with Gasteiger partial charge in [0, 0.05) is 32.4 Å². The van der Waals surface area contributed by atoms with Gasteiger partial charge < -0.3 is 9.80 Å². The second-order valence-electron chi connectivity index (χ2n) is 5.23. The van der Waals surface area contributed by atoms with Crippen LogP contribution >= 0.6 is 23.2 Å². The van der Waals surface area contributed by atoms with E-state index in [4.69, 9.17) is 23.2 Å². The molecule has 0 unspecified atom stereocenters. The van der Waals surface area contributed by atoms with Gasteiger partial charge in [-0.3, -0.25) is 4.79 Å². The maximum absolute atomic E-state index is 13.8. The SMILES string of the molecule is O=C(c1cnc(Cl)c(Cl)c1)N1CCN(c2ccccc2F)CC1. The first kappa shape index (κ1) is 16.0. The molecule has 1 fully saturated rings. The van der Waals surface area contributed by atoms with Gasteiger partial charge in [-0.15, -0.1) is 0 Å². The molecule has 0 N–H and O–H groups in total. The number of nitrogens with zero attached hydrogens (tertiary/aromatic N) is 3. The number of carbonyl (C=O) groups is 1. The van der Waals surface area contributed by atoms with E-state index in [2.05, 4.69) is 4.98 Å². The lowest BCUT2D eigenvalue weighted by Gasteiger charge is -2.36. The largest absolute Gasteiger partial charge is 0.366 e. The van der Waals surface area contributed by atoms with Crippen LogP contribution in [-0.2, 0) is 0 Å². The van der Waals surface area contributed by atoms with Crippen molar-refractivity contribution < 1.29 is 9.18 Å². The van der Waals surface area contributed by atoms with E-state index >= 15 is 0 Å². The fraction of sp³-hybridized carbons (Fsp3) is 0.250. The van der Waals surface area contributed by atoms with Crippen molar-refractivity contribution in [3.8, 4) is 0 Å². The van der Waals surface area contributed by atoms with E-state index in [1.807, 2.05) is 4.90 Å². The summed E-state index contributed by atoms with van der Waals surface area (Å²) >= 11 is 11.7. The summed E-state index contributed by atoms with van der Waals surface area (Å²) in [6.45, 7) is 2.16. The molecule has 0 aliphatic carbocycles. The minimum Gasteiger partial charge on any atom is -0.366 e. The number of pyridine rings is 1. The normalized spacial score (nSPS) is 14.9. The lowest BCUT2D eigenvalue weighted by molar-refractivity contribution is 0.0746. The third-order valence-corrected chi connectivity index (χ3v) is 4.49. The number of hydrogen-bond acceptors (Lipinski definition) is 3. The van der Waals surface area contributed by atoms with Gasteiger partial charge in [0.25, 0.3) is 5.91 Å². The molecule has 7 heteroatoms. The van der Waals surface area contributed by atoms with Crippen LogP contribution in [0.2, 0.25) is 10.2 Å². The van der Waals surface area contributed by atoms with E-state index in [1.165, 1.54) is 18.3 Å². The zero-order valence-electron chi connectivity index (χ0n) is 12.2. The molecule has 0 spiro atoms. The van der Waals surface area contributed by atoms with Crippen molar-refractivity contribution in [2.45, 2.75) is 0 Å². The van der Waals surface area contributed by atoms with Crippen LogP contribution in [0.15, 0.2) is 36.5 Å². The smallest absolute Gasteiger partial charge is 0.255 e. The summed E-state index contributed by atoms with van der Waals surface area (Å²) in [5.74, 6) is -0.398. The molecule has 1 saturated heterocycles. The van der Waals surface area contributed by atoms with E-state index in [1.54, 1.807) is 23.1 Å². The Balaban J connectivity index is 1.68. The quantitative estimate of drug-likeness (QED) is 0.775. The van der Waals surface area contributed by atoms with Gasteiger partial charge in [0.15, 0.2) is 0 Å². The molecule has 0 radical (unpaired) electrons. The third kappa shape index (κ3) is 3.41. The van der Waals surface area contributed by atoms with Crippen LogP contribution in [0.5, 0.6) is 0 Å². The number of rotatable bonds is 2. The van der Waals surface area contributed by atoms with E-state index in [9.17, 15) is 9.18 Å². The molecule has 3 rings (SSSR count). The van der Waals surface area contributed by atoms with Gasteiger partial charge in [0.1, 0.15) is 11.0 Å². The first-order valence-electron chi connectivity index (χ1n) is 7.16. The minimum absolute atomic E-state index is 0.149. The zero-order chi connectivity index (χ0) is 16.4. The van der Waals surface area contributed by atoms with Crippen molar-refractivity contribution >= 4 is 34.8 Å². The molecule has 1 amide bonds. The second-order valence-corrected chi connectivity index (χ2v) is 5.99. The first-order chi connectivity index (χ1) is 11.1. The van der Waals surface area contributed by atoms with Crippen molar-refractivity contribution in [3.05, 3.63) is 58.1 Å². The summed E-state index contributed by atoms with van der Waals surface area (Å²) in [5.41, 5.74) is 0.967. The summed E-state index contributed by atoms with van der Waals surface area (Å²) in [6, 6.07) is 8.17. The average Bonchev–Trinajstić information content (AvgIpc) is 2.57. The molecule has 0 bridgehead atoms. The van der Waals surface area contributed by atoms with Gasteiger partial charge in [-0.1, -0.05) is 35.3 Å². The molecular weight excluding hydrogens is 340 g/mol. The molecule has 1 aromatic carbocycles. The van der Waals surface area contributed by atoms with E-state index in [0.717, 1.165) is 0 Å². The average molecular weight is 354 g/mol. The summed E-state index contributed by atoms with van der Waals surface area (Å²) in [6.07, 6.45) is 1.42. The number of benzene rings is 1. The first-order valence-corrected chi connectivity index (χ1v) is 7.91.